The van der Waals surface area contributed by atoms with Gasteiger partial charge in [0.05, 0.1) is 19.8 Å². The number of ether oxygens (including phenoxy) is 2. The number of hydrogen-bond donors (Lipinski definition) is 0. The smallest absolute Gasteiger partial charge is 0.257 e. The number of aryl methyl sites for hydroxylation is 1. The lowest BCUT2D eigenvalue weighted by Crippen LogP contribution is -2.40. The number of hydrogen-bond acceptors (Lipinski definition) is 5. The molecule has 7 heteroatoms. The highest BCUT2D eigenvalue weighted by Gasteiger charge is 2.31. The van der Waals surface area contributed by atoms with Gasteiger partial charge in [-0.3, -0.25) is 4.79 Å². The van der Waals surface area contributed by atoms with Crippen molar-refractivity contribution in [1.29, 1.82) is 0 Å². The zero-order valence-corrected chi connectivity index (χ0v) is 16.7. The van der Waals surface area contributed by atoms with E-state index in [1.165, 1.54) is 19.3 Å². The van der Waals surface area contributed by atoms with Gasteiger partial charge in [-0.25, -0.2) is 0 Å². The van der Waals surface area contributed by atoms with Crippen molar-refractivity contribution in [3.63, 3.8) is 0 Å². The van der Waals surface area contributed by atoms with Crippen molar-refractivity contribution in [3.8, 4) is 11.5 Å². The second-order valence-electron chi connectivity index (χ2n) is 7.59. The molecule has 0 saturated carbocycles. The molecule has 1 amide bonds. The molecule has 3 heterocycles. The number of methoxy groups -OCH3 is 2. The summed E-state index contributed by atoms with van der Waals surface area (Å²) in [5, 5.41) is 8.96. The predicted molar refractivity (Wildman–Crippen MR) is 105 cm³/mol. The number of carbonyl (C=O) groups excluding carboxylic acids is 1. The molecule has 1 aromatic heterocycles. The molecule has 7 nitrogen and oxygen atoms in total. The summed E-state index contributed by atoms with van der Waals surface area (Å²) in [6.07, 6.45) is 6.61. The Bertz CT molecular complexity index is 848. The summed E-state index contributed by atoms with van der Waals surface area (Å²) in [6, 6.07) is 5.35. The molecule has 0 bridgehead atoms. The highest BCUT2D eigenvalue weighted by molar-refractivity contribution is 5.97. The Balaban J connectivity index is 1.56. The SMILES string of the molecule is COc1ccc(OC)c(C(=O)N2CCCC(c3nnc4n3CCCCC4)C2)c1. The van der Waals surface area contributed by atoms with E-state index >= 15 is 0 Å². The third-order valence-corrected chi connectivity index (χ3v) is 5.85. The molecule has 2 aromatic rings. The number of benzene rings is 1. The topological polar surface area (TPSA) is 69.5 Å². The summed E-state index contributed by atoms with van der Waals surface area (Å²) in [6.45, 7) is 2.40. The first-order valence-corrected chi connectivity index (χ1v) is 10.1. The van der Waals surface area contributed by atoms with Crippen LogP contribution < -0.4 is 9.47 Å². The minimum Gasteiger partial charge on any atom is -0.497 e. The molecule has 1 saturated heterocycles. The lowest BCUT2D eigenvalue weighted by atomic mass is 9.96. The fraction of sp³-hybridized carbons (Fsp3) is 0.571. The second kappa shape index (κ2) is 8.20. The molecule has 28 heavy (non-hydrogen) atoms. The van der Waals surface area contributed by atoms with Crippen LogP contribution in [0.25, 0.3) is 0 Å². The quantitative estimate of drug-likeness (QED) is 0.810. The van der Waals surface area contributed by atoms with E-state index in [2.05, 4.69) is 14.8 Å². The molecule has 2 aliphatic heterocycles. The fourth-order valence-corrected chi connectivity index (χ4v) is 4.33. The molecule has 1 unspecified atom stereocenters. The van der Waals surface area contributed by atoms with Gasteiger partial charge in [-0.1, -0.05) is 6.42 Å². The maximum atomic E-state index is 13.3. The van der Waals surface area contributed by atoms with E-state index in [4.69, 9.17) is 9.47 Å². The molecule has 150 valence electrons. The van der Waals surface area contributed by atoms with Crippen LogP contribution in [0, 0.1) is 0 Å². The standard InChI is InChI=1S/C21H28N4O3/c1-27-16-9-10-18(28-2)17(13-16)21(26)24-11-6-7-15(14-24)20-23-22-19-8-4-3-5-12-25(19)20/h9-10,13,15H,3-8,11-12,14H2,1-2H3. The highest BCUT2D eigenvalue weighted by Crippen LogP contribution is 2.31. The molecule has 1 aromatic carbocycles. The van der Waals surface area contributed by atoms with E-state index in [-0.39, 0.29) is 11.8 Å². The van der Waals surface area contributed by atoms with Crippen molar-refractivity contribution >= 4 is 5.91 Å². The van der Waals surface area contributed by atoms with Gasteiger partial charge in [0.15, 0.2) is 0 Å². The number of likely N-dealkylation sites (tertiary alicyclic amines) is 1. The molecular formula is C21H28N4O3. The first-order valence-electron chi connectivity index (χ1n) is 10.1. The largest absolute Gasteiger partial charge is 0.497 e. The Morgan fingerprint density at radius 2 is 1.96 bits per heavy atom. The Hall–Kier alpha value is -2.57. The Kier molecular flexibility index (Phi) is 5.50. The van der Waals surface area contributed by atoms with Crippen LogP contribution in [0.3, 0.4) is 0 Å². The number of rotatable bonds is 4. The minimum absolute atomic E-state index is 0.0175. The third kappa shape index (κ3) is 3.57. The zero-order valence-electron chi connectivity index (χ0n) is 16.7. The summed E-state index contributed by atoms with van der Waals surface area (Å²) in [4.78, 5) is 15.2. The minimum atomic E-state index is -0.0175. The lowest BCUT2D eigenvalue weighted by Gasteiger charge is -2.33. The molecule has 1 fully saturated rings. The Labute approximate surface area is 165 Å². The molecule has 2 aliphatic rings. The molecule has 4 rings (SSSR count). The van der Waals surface area contributed by atoms with Crippen LogP contribution in [-0.2, 0) is 13.0 Å². The third-order valence-electron chi connectivity index (χ3n) is 5.85. The Morgan fingerprint density at radius 1 is 1.07 bits per heavy atom. The van der Waals surface area contributed by atoms with Crippen LogP contribution in [-0.4, -0.2) is 52.9 Å². The number of fused-ring (bicyclic) bond motifs is 1. The van der Waals surface area contributed by atoms with Crippen LogP contribution in [0.15, 0.2) is 18.2 Å². The van der Waals surface area contributed by atoms with E-state index in [0.717, 1.165) is 44.0 Å². The average molecular weight is 384 g/mol. The fourth-order valence-electron chi connectivity index (χ4n) is 4.33. The summed E-state index contributed by atoms with van der Waals surface area (Å²) in [7, 11) is 3.19. The second-order valence-corrected chi connectivity index (χ2v) is 7.59. The predicted octanol–water partition coefficient (Wildman–Crippen LogP) is 3.04. The normalized spacial score (nSPS) is 19.6. The van der Waals surface area contributed by atoms with Crippen LogP contribution >= 0.6 is 0 Å². The molecule has 0 aliphatic carbocycles. The van der Waals surface area contributed by atoms with Crippen molar-refractivity contribution < 1.29 is 14.3 Å². The number of amides is 1. The number of aromatic nitrogens is 3. The lowest BCUT2D eigenvalue weighted by molar-refractivity contribution is 0.0699. The number of piperidine rings is 1. The molecular weight excluding hydrogens is 356 g/mol. The van der Waals surface area contributed by atoms with Crippen LogP contribution in [0.1, 0.15) is 60.0 Å². The molecule has 1 atom stereocenters. The van der Waals surface area contributed by atoms with E-state index in [9.17, 15) is 4.79 Å². The summed E-state index contributed by atoms with van der Waals surface area (Å²) in [5.41, 5.74) is 0.544. The van der Waals surface area contributed by atoms with E-state index in [1.807, 2.05) is 4.90 Å². The first kappa shape index (κ1) is 18.8. The first-order chi connectivity index (χ1) is 13.7. The van der Waals surface area contributed by atoms with Gasteiger partial charge < -0.3 is 18.9 Å². The van der Waals surface area contributed by atoms with Crippen LogP contribution in [0.5, 0.6) is 11.5 Å². The molecule has 0 spiro atoms. The van der Waals surface area contributed by atoms with Gasteiger partial charge >= 0.3 is 0 Å². The Morgan fingerprint density at radius 3 is 2.79 bits per heavy atom. The van der Waals surface area contributed by atoms with Gasteiger partial charge in [0, 0.05) is 32.0 Å². The van der Waals surface area contributed by atoms with Crippen molar-refractivity contribution in [1.82, 2.24) is 19.7 Å². The molecule has 0 radical (unpaired) electrons. The molecule has 0 N–H and O–H groups in total. The summed E-state index contributed by atoms with van der Waals surface area (Å²) < 4.78 is 13.0. The maximum Gasteiger partial charge on any atom is 0.257 e. The monoisotopic (exact) mass is 384 g/mol. The van der Waals surface area contributed by atoms with Crippen molar-refractivity contribution in [2.45, 2.75) is 51.0 Å². The van der Waals surface area contributed by atoms with E-state index in [1.54, 1.807) is 32.4 Å². The van der Waals surface area contributed by atoms with E-state index < -0.39 is 0 Å². The average Bonchev–Trinajstić information content (AvgIpc) is 3.01. The van der Waals surface area contributed by atoms with Crippen molar-refractivity contribution in [2.75, 3.05) is 27.3 Å². The van der Waals surface area contributed by atoms with Gasteiger partial charge in [0.25, 0.3) is 5.91 Å². The van der Waals surface area contributed by atoms with Gasteiger partial charge in [-0.15, -0.1) is 10.2 Å². The van der Waals surface area contributed by atoms with Gasteiger partial charge in [-0.05, 0) is 43.9 Å². The van der Waals surface area contributed by atoms with E-state index in [0.29, 0.717) is 23.6 Å². The van der Waals surface area contributed by atoms with Crippen LogP contribution in [0.2, 0.25) is 0 Å². The summed E-state index contributed by atoms with van der Waals surface area (Å²) >= 11 is 0. The highest BCUT2D eigenvalue weighted by atomic mass is 16.5. The van der Waals surface area contributed by atoms with Gasteiger partial charge in [0.2, 0.25) is 0 Å². The summed E-state index contributed by atoms with van der Waals surface area (Å²) in [5.74, 6) is 3.59. The van der Waals surface area contributed by atoms with Crippen molar-refractivity contribution in [2.24, 2.45) is 0 Å². The van der Waals surface area contributed by atoms with Gasteiger partial charge in [-0.2, -0.15) is 0 Å². The maximum absolute atomic E-state index is 13.3. The number of carbonyl (C=O) groups is 1. The van der Waals surface area contributed by atoms with Gasteiger partial charge in [0.1, 0.15) is 23.1 Å². The number of nitrogens with zero attached hydrogens (tertiary/aromatic N) is 4. The zero-order chi connectivity index (χ0) is 19.5. The van der Waals surface area contributed by atoms with Crippen molar-refractivity contribution in [3.05, 3.63) is 35.4 Å². The van der Waals surface area contributed by atoms with Crippen LogP contribution in [0.4, 0.5) is 0 Å².